The summed E-state index contributed by atoms with van der Waals surface area (Å²) in [4.78, 5) is 27.8. The second-order valence-electron chi connectivity index (χ2n) is 7.54. The molecule has 6 nitrogen and oxygen atoms in total. The zero-order valence-corrected chi connectivity index (χ0v) is 18.6. The molecule has 0 atom stereocenters. The maximum absolute atomic E-state index is 13.1. The number of hydrogen-bond donors (Lipinski definition) is 1. The Morgan fingerprint density at radius 2 is 1.77 bits per heavy atom. The standard InChI is InChI=1S/C23H22Cl2N4O2/c1-15-20(21(25)29(27-15)14-16-7-3-2-4-8-16)22(30)26-19-10-9-17(24)13-18(19)23(31)28-11-5-6-12-28/h2-4,7-10,13H,5-6,11-12,14H2,1H3,(H,26,30). The third-order valence-corrected chi connectivity index (χ3v) is 5.94. The van der Waals surface area contributed by atoms with Gasteiger partial charge in [0.25, 0.3) is 11.8 Å². The molecule has 0 radical (unpaired) electrons. The largest absolute Gasteiger partial charge is 0.339 e. The summed E-state index contributed by atoms with van der Waals surface area (Å²) in [6.07, 6.45) is 1.95. The van der Waals surface area contributed by atoms with Gasteiger partial charge < -0.3 is 10.2 Å². The Bertz CT molecular complexity index is 1120. The smallest absolute Gasteiger partial charge is 0.260 e. The van der Waals surface area contributed by atoms with Crippen LogP contribution in [0.2, 0.25) is 10.2 Å². The summed E-state index contributed by atoms with van der Waals surface area (Å²) in [5.74, 6) is -0.558. The van der Waals surface area contributed by atoms with Gasteiger partial charge in [-0.3, -0.25) is 9.59 Å². The molecule has 0 saturated carbocycles. The molecule has 8 heteroatoms. The number of anilines is 1. The molecule has 1 aliphatic rings. The van der Waals surface area contributed by atoms with E-state index in [1.54, 1.807) is 34.7 Å². The zero-order chi connectivity index (χ0) is 22.0. The fourth-order valence-corrected chi connectivity index (χ4v) is 4.24. The van der Waals surface area contributed by atoms with Gasteiger partial charge in [-0.05, 0) is 43.5 Å². The van der Waals surface area contributed by atoms with Crippen molar-refractivity contribution in [2.45, 2.75) is 26.3 Å². The molecule has 2 aromatic carbocycles. The summed E-state index contributed by atoms with van der Waals surface area (Å²) < 4.78 is 1.60. The van der Waals surface area contributed by atoms with Crippen LogP contribution in [0.25, 0.3) is 0 Å². The van der Waals surface area contributed by atoms with Crippen LogP contribution in [0.1, 0.15) is 44.8 Å². The van der Waals surface area contributed by atoms with E-state index in [1.807, 2.05) is 30.3 Å². The maximum atomic E-state index is 13.1. The molecular formula is C23H22Cl2N4O2. The predicted octanol–water partition coefficient (Wildman–Crippen LogP) is 5.03. The van der Waals surface area contributed by atoms with Gasteiger partial charge >= 0.3 is 0 Å². The first-order chi connectivity index (χ1) is 14.9. The molecule has 0 spiro atoms. The Balaban J connectivity index is 1.60. The quantitative estimate of drug-likeness (QED) is 0.584. The van der Waals surface area contributed by atoms with Crippen LogP contribution in [0.5, 0.6) is 0 Å². The SMILES string of the molecule is Cc1nn(Cc2ccccc2)c(Cl)c1C(=O)Nc1ccc(Cl)cc1C(=O)N1CCCC1. The number of benzene rings is 2. The number of likely N-dealkylation sites (tertiary alicyclic amines) is 1. The lowest BCUT2D eigenvalue weighted by atomic mass is 10.1. The number of aromatic nitrogens is 2. The van der Waals surface area contributed by atoms with Crippen molar-refractivity contribution in [2.75, 3.05) is 18.4 Å². The van der Waals surface area contributed by atoms with Crippen LogP contribution in [0, 0.1) is 6.92 Å². The Labute approximate surface area is 190 Å². The van der Waals surface area contributed by atoms with Gasteiger partial charge in [0.2, 0.25) is 0 Å². The number of hydrogen-bond acceptors (Lipinski definition) is 3. The third kappa shape index (κ3) is 4.60. The lowest BCUT2D eigenvalue weighted by molar-refractivity contribution is 0.0794. The van der Waals surface area contributed by atoms with E-state index in [9.17, 15) is 9.59 Å². The zero-order valence-electron chi connectivity index (χ0n) is 17.1. The van der Waals surface area contributed by atoms with Crippen LogP contribution in [0.4, 0.5) is 5.69 Å². The van der Waals surface area contributed by atoms with E-state index in [2.05, 4.69) is 10.4 Å². The molecule has 1 aliphatic heterocycles. The van der Waals surface area contributed by atoms with Crippen molar-refractivity contribution in [3.63, 3.8) is 0 Å². The molecule has 1 aromatic heterocycles. The third-order valence-electron chi connectivity index (χ3n) is 5.32. The number of nitrogens with one attached hydrogen (secondary N) is 1. The van der Waals surface area contributed by atoms with Gasteiger partial charge in [0.05, 0.1) is 29.1 Å². The number of halogens is 2. The number of nitrogens with zero attached hydrogens (tertiary/aromatic N) is 3. The molecule has 0 aliphatic carbocycles. The van der Waals surface area contributed by atoms with Crippen LogP contribution < -0.4 is 5.32 Å². The molecule has 4 rings (SSSR count). The van der Waals surface area contributed by atoms with Crippen LogP contribution in [-0.4, -0.2) is 39.6 Å². The summed E-state index contributed by atoms with van der Waals surface area (Å²) in [7, 11) is 0. The van der Waals surface area contributed by atoms with Crippen molar-refractivity contribution < 1.29 is 9.59 Å². The molecule has 1 N–H and O–H groups in total. The van der Waals surface area contributed by atoms with E-state index in [0.29, 0.717) is 41.6 Å². The molecule has 31 heavy (non-hydrogen) atoms. The number of carbonyl (C=O) groups is 2. The first-order valence-electron chi connectivity index (χ1n) is 10.1. The minimum absolute atomic E-state index is 0.141. The van der Waals surface area contributed by atoms with Crippen LogP contribution in [-0.2, 0) is 6.54 Å². The number of aryl methyl sites for hydroxylation is 1. The summed E-state index contributed by atoms with van der Waals surface area (Å²) in [6.45, 7) is 3.60. The molecule has 0 unspecified atom stereocenters. The average molecular weight is 457 g/mol. The molecule has 2 heterocycles. The normalized spacial score (nSPS) is 13.5. The summed E-state index contributed by atoms with van der Waals surface area (Å²) in [5.41, 5.74) is 2.59. The monoisotopic (exact) mass is 456 g/mol. The van der Waals surface area contributed by atoms with Gasteiger partial charge in [-0.15, -0.1) is 0 Å². The summed E-state index contributed by atoms with van der Waals surface area (Å²) >= 11 is 12.6. The highest BCUT2D eigenvalue weighted by Crippen LogP contribution is 2.27. The fraction of sp³-hybridized carbons (Fsp3) is 0.261. The average Bonchev–Trinajstić information content (AvgIpc) is 3.38. The van der Waals surface area contributed by atoms with Crippen molar-refractivity contribution >= 4 is 40.7 Å². The topological polar surface area (TPSA) is 67.2 Å². The van der Waals surface area contributed by atoms with Crippen molar-refractivity contribution in [3.05, 3.63) is 81.1 Å². The lowest BCUT2D eigenvalue weighted by Gasteiger charge is -2.18. The number of carbonyl (C=O) groups excluding carboxylic acids is 2. The highest BCUT2D eigenvalue weighted by atomic mass is 35.5. The Morgan fingerprint density at radius 3 is 2.48 bits per heavy atom. The Morgan fingerprint density at radius 1 is 1.06 bits per heavy atom. The van der Waals surface area contributed by atoms with Crippen LogP contribution in [0.3, 0.4) is 0 Å². The molecule has 0 bridgehead atoms. The second kappa shape index (κ2) is 9.12. The molecule has 2 amide bonds. The number of amides is 2. The summed E-state index contributed by atoms with van der Waals surface area (Å²) in [5, 5.41) is 7.95. The minimum atomic E-state index is -0.417. The lowest BCUT2D eigenvalue weighted by Crippen LogP contribution is -2.29. The molecule has 1 saturated heterocycles. The summed E-state index contributed by atoms with van der Waals surface area (Å²) in [6, 6.07) is 14.6. The van der Waals surface area contributed by atoms with Crippen LogP contribution >= 0.6 is 23.2 Å². The fourth-order valence-electron chi connectivity index (χ4n) is 3.75. The van der Waals surface area contributed by atoms with E-state index in [0.717, 1.165) is 18.4 Å². The second-order valence-corrected chi connectivity index (χ2v) is 8.33. The van der Waals surface area contributed by atoms with Crippen molar-refractivity contribution in [1.29, 1.82) is 0 Å². The molecular weight excluding hydrogens is 435 g/mol. The van der Waals surface area contributed by atoms with E-state index >= 15 is 0 Å². The molecule has 3 aromatic rings. The van der Waals surface area contributed by atoms with Gasteiger partial charge in [0.1, 0.15) is 5.15 Å². The maximum Gasteiger partial charge on any atom is 0.260 e. The van der Waals surface area contributed by atoms with Gasteiger partial charge in [-0.2, -0.15) is 5.10 Å². The van der Waals surface area contributed by atoms with Crippen LogP contribution in [0.15, 0.2) is 48.5 Å². The minimum Gasteiger partial charge on any atom is -0.339 e. The predicted molar refractivity (Wildman–Crippen MR) is 122 cm³/mol. The highest BCUT2D eigenvalue weighted by Gasteiger charge is 2.25. The van der Waals surface area contributed by atoms with Crippen molar-refractivity contribution in [1.82, 2.24) is 14.7 Å². The van der Waals surface area contributed by atoms with E-state index in [1.165, 1.54) is 0 Å². The Kier molecular flexibility index (Phi) is 6.30. The van der Waals surface area contributed by atoms with E-state index in [-0.39, 0.29) is 16.6 Å². The van der Waals surface area contributed by atoms with Gasteiger partial charge in [-0.25, -0.2) is 4.68 Å². The Hall–Kier alpha value is -2.83. The van der Waals surface area contributed by atoms with Gasteiger partial charge in [0.15, 0.2) is 0 Å². The van der Waals surface area contributed by atoms with Crippen molar-refractivity contribution in [2.24, 2.45) is 0 Å². The molecule has 160 valence electrons. The highest BCUT2D eigenvalue weighted by molar-refractivity contribution is 6.34. The number of rotatable bonds is 5. The molecule has 1 fully saturated rings. The first-order valence-corrected chi connectivity index (χ1v) is 10.9. The van der Waals surface area contributed by atoms with E-state index < -0.39 is 5.91 Å². The first kappa shape index (κ1) is 21.4. The van der Waals surface area contributed by atoms with E-state index in [4.69, 9.17) is 23.2 Å². The van der Waals surface area contributed by atoms with Gasteiger partial charge in [-0.1, -0.05) is 53.5 Å². The van der Waals surface area contributed by atoms with Gasteiger partial charge in [0, 0.05) is 18.1 Å². The van der Waals surface area contributed by atoms with Crippen molar-refractivity contribution in [3.8, 4) is 0 Å².